The molecule has 5 rings (SSSR count). The monoisotopic (exact) mass is 371 g/mol. The molecule has 0 aliphatic carbocycles. The van der Waals surface area contributed by atoms with Gasteiger partial charge < -0.3 is 0 Å². The quantitative estimate of drug-likeness (QED) is 0.361. The van der Waals surface area contributed by atoms with Crippen LogP contribution in [-0.2, 0) is 0 Å². The molecule has 3 aromatic carbocycles. The molecule has 1 aliphatic heterocycles. The highest BCUT2D eigenvalue weighted by Crippen LogP contribution is 2.46. The van der Waals surface area contributed by atoms with Gasteiger partial charge in [-0.15, -0.1) is 11.8 Å². The van der Waals surface area contributed by atoms with Gasteiger partial charge in [0.15, 0.2) is 0 Å². The Morgan fingerprint density at radius 2 is 1.69 bits per heavy atom. The summed E-state index contributed by atoms with van der Waals surface area (Å²) in [4.78, 5) is 6.34. The molecule has 1 aromatic heterocycles. The first kappa shape index (κ1) is 15.9. The Morgan fingerprint density at radius 3 is 2.58 bits per heavy atom. The summed E-state index contributed by atoms with van der Waals surface area (Å²) in [5.41, 5.74) is 4.87. The lowest BCUT2D eigenvalue weighted by Crippen LogP contribution is -2.04. The van der Waals surface area contributed by atoms with Gasteiger partial charge in [-0.3, -0.25) is 4.99 Å². The van der Waals surface area contributed by atoms with Crippen molar-refractivity contribution in [3.8, 4) is 0 Å². The Morgan fingerprint density at radius 1 is 0.846 bits per heavy atom. The first-order chi connectivity index (χ1) is 12.9. The average Bonchev–Trinajstić information content (AvgIpc) is 3.15. The molecule has 0 fully saturated rings. The van der Waals surface area contributed by atoms with Crippen molar-refractivity contribution in [2.45, 2.75) is 16.6 Å². The highest BCUT2D eigenvalue weighted by atomic mass is 32.2. The Bertz CT molecular complexity index is 1100. The van der Waals surface area contributed by atoms with Crippen LogP contribution in [0.4, 0.5) is 5.69 Å². The van der Waals surface area contributed by atoms with Crippen LogP contribution in [0, 0.1) is 0 Å². The van der Waals surface area contributed by atoms with Gasteiger partial charge in [-0.1, -0.05) is 48.5 Å². The van der Waals surface area contributed by atoms with E-state index >= 15 is 0 Å². The summed E-state index contributed by atoms with van der Waals surface area (Å²) in [5.74, 6) is 0. The van der Waals surface area contributed by atoms with E-state index in [4.69, 9.17) is 4.99 Å². The molecule has 1 atom stereocenters. The third-order valence-electron chi connectivity index (χ3n) is 4.77. The summed E-state index contributed by atoms with van der Waals surface area (Å²) >= 11 is 3.70. The van der Waals surface area contributed by atoms with Crippen molar-refractivity contribution in [1.29, 1.82) is 0 Å². The zero-order valence-electron chi connectivity index (χ0n) is 14.1. The van der Waals surface area contributed by atoms with Crippen molar-refractivity contribution in [1.82, 2.24) is 0 Å². The lowest BCUT2D eigenvalue weighted by atomic mass is 9.99. The van der Waals surface area contributed by atoms with Crippen molar-refractivity contribution in [3.63, 3.8) is 0 Å². The highest BCUT2D eigenvalue weighted by Gasteiger charge is 2.22. The number of hydrogen-bond donors (Lipinski definition) is 0. The Kier molecular flexibility index (Phi) is 4.12. The first-order valence-corrected chi connectivity index (χ1v) is 10.5. The number of rotatable bonds is 2. The number of nitrogens with zero attached hydrogens (tertiary/aromatic N) is 1. The largest absolute Gasteiger partial charge is 0.252 e. The molecule has 0 unspecified atom stereocenters. The standard InChI is InChI=1S/C23H17NS2/c1-2-6-17-13-18(10-9-16(17)5-1)21-14-23(19-11-12-25-15-19)26-22-8-4-3-7-20(22)24-21/h1-13,15,23H,14H2/t23-/m1/s1. The number of benzene rings is 3. The lowest BCUT2D eigenvalue weighted by Gasteiger charge is -2.14. The van der Waals surface area contributed by atoms with Gasteiger partial charge in [0.25, 0.3) is 0 Å². The van der Waals surface area contributed by atoms with Crippen LogP contribution in [0.2, 0.25) is 0 Å². The fourth-order valence-electron chi connectivity index (χ4n) is 3.41. The van der Waals surface area contributed by atoms with Crippen molar-refractivity contribution in [3.05, 3.63) is 94.7 Å². The smallest absolute Gasteiger partial charge is 0.0769 e. The number of thioether (sulfide) groups is 1. The van der Waals surface area contributed by atoms with Crippen LogP contribution in [0.5, 0.6) is 0 Å². The van der Waals surface area contributed by atoms with Crippen LogP contribution in [0.1, 0.15) is 22.8 Å². The third kappa shape index (κ3) is 2.98. The molecule has 0 spiro atoms. The molecule has 0 saturated carbocycles. The maximum absolute atomic E-state index is 5.08. The Hall–Kier alpha value is -2.36. The van der Waals surface area contributed by atoms with Crippen molar-refractivity contribution in [2.75, 3.05) is 0 Å². The molecule has 0 radical (unpaired) electrons. The molecular weight excluding hydrogens is 354 g/mol. The topological polar surface area (TPSA) is 12.4 Å². The van der Waals surface area contributed by atoms with Gasteiger partial charge in [0.2, 0.25) is 0 Å². The van der Waals surface area contributed by atoms with E-state index in [9.17, 15) is 0 Å². The number of thiophene rings is 1. The van der Waals surface area contributed by atoms with Gasteiger partial charge in [0, 0.05) is 22.3 Å². The van der Waals surface area contributed by atoms with Crippen LogP contribution in [-0.4, -0.2) is 5.71 Å². The van der Waals surface area contributed by atoms with Crippen molar-refractivity contribution in [2.24, 2.45) is 4.99 Å². The number of fused-ring (bicyclic) bond motifs is 2. The van der Waals surface area contributed by atoms with E-state index in [0.717, 1.165) is 12.1 Å². The van der Waals surface area contributed by atoms with Crippen molar-refractivity contribution >= 4 is 45.3 Å². The minimum Gasteiger partial charge on any atom is -0.252 e. The Labute approximate surface area is 161 Å². The molecule has 4 aromatic rings. The number of para-hydroxylation sites is 1. The second-order valence-electron chi connectivity index (χ2n) is 6.46. The normalized spacial score (nSPS) is 16.8. The van der Waals surface area contributed by atoms with E-state index in [1.54, 1.807) is 11.3 Å². The highest BCUT2D eigenvalue weighted by molar-refractivity contribution is 7.99. The van der Waals surface area contributed by atoms with Crippen LogP contribution < -0.4 is 0 Å². The van der Waals surface area contributed by atoms with Gasteiger partial charge in [0.05, 0.1) is 5.69 Å². The van der Waals surface area contributed by atoms with E-state index in [1.807, 2.05) is 11.8 Å². The molecule has 0 saturated heterocycles. The van der Waals surface area contributed by atoms with E-state index in [-0.39, 0.29) is 0 Å². The zero-order valence-corrected chi connectivity index (χ0v) is 15.8. The van der Waals surface area contributed by atoms with E-state index in [0.29, 0.717) is 5.25 Å². The minimum absolute atomic E-state index is 0.398. The molecule has 0 amide bonds. The maximum atomic E-state index is 5.08. The molecule has 126 valence electrons. The summed E-state index contributed by atoms with van der Waals surface area (Å²) in [7, 11) is 0. The SMILES string of the molecule is c1ccc2c(c1)N=C(c1ccc3ccccc3c1)C[C@H](c1ccsc1)S2. The molecule has 0 bridgehead atoms. The average molecular weight is 372 g/mol. The molecule has 0 N–H and O–H groups in total. The fraction of sp³-hybridized carbons (Fsp3) is 0.0870. The molecule has 1 nitrogen and oxygen atoms in total. The molecular formula is C23H17NS2. The van der Waals surface area contributed by atoms with E-state index in [1.165, 1.54) is 32.5 Å². The van der Waals surface area contributed by atoms with Crippen LogP contribution >= 0.6 is 23.1 Å². The lowest BCUT2D eigenvalue weighted by molar-refractivity contribution is 1.02. The van der Waals surface area contributed by atoms with Crippen LogP contribution in [0.15, 0.2) is 93.4 Å². The molecule has 3 heteroatoms. The van der Waals surface area contributed by atoms with Crippen LogP contribution in [0.3, 0.4) is 0 Å². The molecule has 26 heavy (non-hydrogen) atoms. The third-order valence-corrected chi connectivity index (χ3v) is 6.79. The summed E-state index contributed by atoms with van der Waals surface area (Å²) in [5, 5.41) is 7.37. The van der Waals surface area contributed by atoms with Gasteiger partial charge in [-0.25, -0.2) is 0 Å². The summed E-state index contributed by atoms with van der Waals surface area (Å²) in [6.07, 6.45) is 0.939. The second-order valence-corrected chi connectivity index (χ2v) is 8.48. The first-order valence-electron chi connectivity index (χ1n) is 8.71. The Balaban J connectivity index is 1.64. The van der Waals surface area contributed by atoms with Gasteiger partial charge in [0.1, 0.15) is 0 Å². The minimum atomic E-state index is 0.398. The summed E-state index contributed by atoms with van der Waals surface area (Å²) < 4.78 is 0. The zero-order chi connectivity index (χ0) is 17.3. The second kappa shape index (κ2) is 6.75. The summed E-state index contributed by atoms with van der Waals surface area (Å²) in [6, 6.07) is 25.9. The van der Waals surface area contributed by atoms with E-state index < -0.39 is 0 Å². The fourth-order valence-corrected chi connectivity index (χ4v) is 5.43. The number of aliphatic imine (C=N–C) groups is 1. The maximum Gasteiger partial charge on any atom is 0.0769 e. The van der Waals surface area contributed by atoms with Gasteiger partial charge in [-0.05, 0) is 56.9 Å². The van der Waals surface area contributed by atoms with Gasteiger partial charge >= 0.3 is 0 Å². The van der Waals surface area contributed by atoms with E-state index in [2.05, 4.69) is 83.6 Å². The predicted molar refractivity (Wildman–Crippen MR) is 114 cm³/mol. The van der Waals surface area contributed by atoms with Gasteiger partial charge in [-0.2, -0.15) is 11.3 Å². The molecule has 1 aliphatic rings. The van der Waals surface area contributed by atoms with Crippen LogP contribution in [0.25, 0.3) is 10.8 Å². The van der Waals surface area contributed by atoms with Crippen molar-refractivity contribution < 1.29 is 0 Å². The summed E-state index contributed by atoms with van der Waals surface area (Å²) in [6.45, 7) is 0. The number of hydrogen-bond acceptors (Lipinski definition) is 3. The predicted octanol–water partition coefficient (Wildman–Crippen LogP) is 7.26. The molecule has 2 heterocycles.